The lowest BCUT2D eigenvalue weighted by molar-refractivity contribution is -0.129. The summed E-state index contributed by atoms with van der Waals surface area (Å²) >= 11 is 0. The summed E-state index contributed by atoms with van der Waals surface area (Å²) in [4.78, 5) is 27.7. The highest BCUT2D eigenvalue weighted by Crippen LogP contribution is 2.62. The quantitative estimate of drug-likeness (QED) is 0.359. The maximum absolute atomic E-state index is 15.2. The van der Waals surface area contributed by atoms with Crippen LogP contribution in [-0.2, 0) is 21.4 Å². The van der Waals surface area contributed by atoms with Crippen LogP contribution in [0.4, 0.5) is 4.39 Å². The van der Waals surface area contributed by atoms with Gasteiger partial charge >= 0.3 is 0 Å². The van der Waals surface area contributed by atoms with E-state index in [0.717, 1.165) is 27.6 Å². The third-order valence-electron chi connectivity index (χ3n) is 8.74. The summed E-state index contributed by atoms with van der Waals surface area (Å²) in [5.41, 5.74) is 1.13. The molecule has 0 N–H and O–H groups in total. The topological polar surface area (TPSA) is 92.1 Å². The van der Waals surface area contributed by atoms with Crippen molar-refractivity contribution in [2.75, 3.05) is 0 Å². The molecule has 2 fully saturated rings. The number of aromatic nitrogens is 3. The molecule has 0 radical (unpaired) electrons. The van der Waals surface area contributed by atoms with Crippen LogP contribution in [0.3, 0.4) is 0 Å². The second kappa shape index (κ2) is 7.50. The van der Waals surface area contributed by atoms with Crippen LogP contribution in [0, 0.1) is 29.0 Å². The average molecular weight is 491 g/mol. The number of ether oxygens (including phenoxy) is 1. The molecule has 1 aliphatic heterocycles. The minimum Gasteiger partial charge on any atom is -0.342 e. The monoisotopic (exact) mass is 490 g/mol. The number of carbonyl (C=O) groups excluding carboxylic acids is 1. The molecule has 2 aliphatic carbocycles. The molecule has 1 saturated heterocycles. The standard InChI is InChI=1S/C30H23FN4O2/c1-16-22-12-11-20-24(19-9-5-6-10-23(19)31)34-27(21-14-33-13-17-7-3-4-8-18(17)21)35-25(20)29(22,2)28-30(15-32,37-28)26(16)36/h3-10,13-14,16,22,28H,11-12H2,1-2H3/t16-,22-,28+,29-,30-/m1/s1. The van der Waals surface area contributed by atoms with E-state index in [1.54, 1.807) is 30.6 Å². The number of nitrogens with zero attached hydrogens (tertiary/aromatic N) is 4. The fourth-order valence-electron chi connectivity index (χ4n) is 6.87. The molecular formula is C30H23FN4O2. The van der Waals surface area contributed by atoms with E-state index in [2.05, 4.69) is 11.1 Å². The molecule has 5 atom stereocenters. The van der Waals surface area contributed by atoms with Crippen molar-refractivity contribution in [2.24, 2.45) is 11.8 Å². The Hall–Kier alpha value is -4.02. The molecule has 0 amide bonds. The van der Waals surface area contributed by atoms with Gasteiger partial charge in [-0.3, -0.25) is 9.78 Å². The molecule has 2 aromatic carbocycles. The number of hydrogen-bond acceptors (Lipinski definition) is 6. The van der Waals surface area contributed by atoms with Gasteiger partial charge in [-0.05, 0) is 36.3 Å². The van der Waals surface area contributed by atoms with Crippen molar-refractivity contribution >= 4 is 16.6 Å². The van der Waals surface area contributed by atoms with Gasteiger partial charge in [0.2, 0.25) is 5.60 Å². The van der Waals surface area contributed by atoms with Gasteiger partial charge in [-0.1, -0.05) is 50.2 Å². The average Bonchev–Trinajstić information content (AvgIpc) is 3.69. The van der Waals surface area contributed by atoms with Crippen LogP contribution >= 0.6 is 0 Å². The highest BCUT2D eigenvalue weighted by molar-refractivity contribution is 5.98. The summed E-state index contributed by atoms with van der Waals surface area (Å²) in [6, 6.07) is 16.7. The van der Waals surface area contributed by atoms with Crippen LogP contribution in [0.1, 0.15) is 31.5 Å². The van der Waals surface area contributed by atoms with Gasteiger partial charge in [0, 0.05) is 45.8 Å². The molecule has 182 valence electrons. The maximum Gasteiger partial charge on any atom is 0.240 e. The molecule has 4 aromatic rings. The van der Waals surface area contributed by atoms with Crippen LogP contribution in [-0.4, -0.2) is 32.4 Å². The third-order valence-corrected chi connectivity index (χ3v) is 8.74. The van der Waals surface area contributed by atoms with Crippen LogP contribution in [0.2, 0.25) is 0 Å². The number of halogens is 1. The van der Waals surface area contributed by atoms with Crippen LogP contribution < -0.4 is 0 Å². The number of carbonyl (C=O) groups is 1. The van der Waals surface area contributed by atoms with Crippen molar-refractivity contribution in [1.82, 2.24) is 15.0 Å². The lowest BCUT2D eigenvalue weighted by Gasteiger charge is -2.47. The molecule has 3 heterocycles. The summed E-state index contributed by atoms with van der Waals surface area (Å²) in [6.07, 6.45) is 4.24. The molecule has 6 nitrogen and oxygen atoms in total. The zero-order valence-electron chi connectivity index (χ0n) is 20.4. The highest BCUT2D eigenvalue weighted by Gasteiger charge is 2.77. The van der Waals surface area contributed by atoms with Crippen molar-refractivity contribution in [3.8, 4) is 28.7 Å². The first-order chi connectivity index (χ1) is 17.9. The van der Waals surface area contributed by atoms with Gasteiger partial charge < -0.3 is 4.74 Å². The molecule has 2 aromatic heterocycles. The number of pyridine rings is 1. The number of Topliss-reactive ketones (excluding diaryl/α,β-unsaturated/α-hetero) is 1. The predicted octanol–water partition coefficient (Wildman–Crippen LogP) is 5.20. The summed E-state index contributed by atoms with van der Waals surface area (Å²) < 4.78 is 21.1. The highest BCUT2D eigenvalue weighted by atomic mass is 19.1. The van der Waals surface area contributed by atoms with Gasteiger partial charge in [0.05, 0.1) is 11.4 Å². The van der Waals surface area contributed by atoms with E-state index in [0.29, 0.717) is 29.9 Å². The van der Waals surface area contributed by atoms with Crippen molar-refractivity contribution in [1.29, 1.82) is 5.26 Å². The first-order valence-corrected chi connectivity index (χ1v) is 12.5. The van der Waals surface area contributed by atoms with E-state index in [-0.39, 0.29) is 23.4 Å². The maximum atomic E-state index is 15.2. The van der Waals surface area contributed by atoms with E-state index < -0.39 is 17.1 Å². The smallest absolute Gasteiger partial charge is 0.240 e. The number of rotatable bonds is 2. The van der Waals surface area contributed by atoms with Crippen molar-refractivity contribution < 1.29 is 13.9 Å². The number of hydrogen-bond donors (Lipinski definition) is 0. The normalized spacial score (nSPS) is 29.7. The molecule has 0 spiro atoms. The van der Waals surface area contributed by atoms with E-state index in [4.69, 9.17) is 14.7 Å². The predicted molar refractivity (Wildman–Crippen MR) is 135 cm³/mol. The van der Waals surface area contributed by atoms with Gasteiger partial charge in [0.25, 0.3) is 0 Å². The summed E-state index contributed by atoms with van der Waals surface area (Å²) in [7, 11) is 0. The summed E-state index contributed by atoms with van der Waals surface area (Å²) in [5, 5.41) is 11.9. The fraction of sp³-hybridized carbons (Fsp3) is 0.300. The zero-order valence-corrected chi connectivity index (χ0v) is 20.4. The fourth-order valence-corrected chi connectivity index (χ4v) is 6.87. The first kappa shape index (κ1) is 22.2. The van der Waals surface area contributed by atoms with Crippen LogP contribution in [0.5, 0.6) is 0 Å². The first-order valence-electron chi connectivity index (χ1n) is 12.5. The van der Waals surface area contributed by atoms with Crippen molar-refractivity contribution in [3.63, 3.8) is 0 Å². The third kappa shape index (κ3) is 2.82. The Balaban J connectivity index is 1.54. The Morgan fingerprint density at radius 3 is 2.68 bits per heavy atom. The van der Waals surface area contributed by atoms with E-state index >= 15 is 4.39 Å². The second-order valence-corrected chi connectivity index (χ2v) is 10.5. The zero-order chi connectivity index (χ0) is 25.5. The SMILES string of the molecule is C[C@H]1C(=O)[C@@]2(C#N)O[C@H]2[C@@]2(C)c3nc(-c4cncc5ccccc45)nc(-c4ccccc4F)c3CC[C@H]12. The van der Waals surface area contributed by atoms with E-state index in [1.165, 1.54) is 6.07 Å². The lowest BCUT2D eigenvalue weighted by Crippen LogP contribution is -2.56. The van der Waals surface area contributed by atoms with Crippen LogP contribution in [0.15, 0.2) is 60.9 Å². The number of ketones is 1. The Bertz CT molecular complexity index is 1680. The van der Waals surface area contributed by atoms with Crippen LogP contribution in [0.25, 0.3) is 33.4 Å². The minimum atomic E-state index is -1.44. The number of epoxide rings is 1. The molecule has 7 heteroatoms. The molecule has 37 heavy (non-hydrogen) atoms. The number of fused-ring (bicyclic) bond motifs is 6. The Morgan fingerprint density at radius 1 is 1.08 bits per heavy atom. The summed E-state index contributed by atoms with van der Waals surface area (Å²) in [6.45, 7) is 3.94. The molecule has 3 aliphatic rings. The molecular weight excluding hydrogens is 467 g/mol. The van der Waals surface area contributed by atoms with Crippen molar-refractivity contribution in [3.05, 3.63) is 78.0 Å². The molecule has 7 rings (SSSR count). The Labute approximate surface area is 213 Å². The second-order valence-electron chi connectivity index (χ2n) is 10.5. The minimum absolute atomic E-state index is 0.0525. The number of nitriles is 1. The largest absolute Gasteiger partial charge is 0.342 e. The van der Waals surface area contributed by atoms with Crippen molar-refractivity contribution in [2.45, 2.75) is 43.8 Å². The molecule has 0 bridgehead atoms. The Kier molecular flexibility index (Phi) is 4.50. The van der Waals surface area contributed by atoms with Gasteiger partial charge in [0.1, 0.15) is 18.0 Å². The van der Waals surface area contributed by atoms with E-state index in [1.807, 2.05) is 38.1 Å². The van der Waals surface area contributed by atoms with Gasteiger partial charge in [-0.25, -0.2) is 14.4 Å². The summed E-state index contributed by atoms with van der Waals surface area (Å²) in [5.74, 6) is -0.475. The van der Waals surface area contributed by atoms with Gasteiger partial charge in [-0.15, -0.1) is 0 Å². The van der Waals surface area contributed by atoms with Gasteiger partial charge in [0.15, 0.2) is 11.6 Å². The molecule has 0 unspecified atom stereocenters. The molecule has 1 saturated carbocycles. The number of benzene rings is 2. The Morgan fingerprint density at radius 2 is 1.86 bits per heavy atom. The van der Waals surface area contributed by atoms with Gasteiger partial charge in [-0.2, -0.15) is 5.26 Å². The lowest BCUT2D eigenvalue weighted by atomic mass is 9.54. The van der Waals surface area contributed by atoms with E-state index in [9.17, 15) is 10.1 Å².